The predicted molar refractivity (Wildman–Crippen MR) is 85.0 cm³/mol. The third kappa shape index (κ3) is 6.40. The zero-order chi connectivity index (χ0) is 16.8. The molecule has 0 aliphatic rings. The Morgan fingerprint density at radius 3 is 2.64 bits per heavy atom. The average Bonchev–Trinajstić information content (AvgIpc) is 2.42. The lowest BCUT2D eigenvalue weighted by Gasteiger charge is -2.27. The number of nitrogens with zero attached hydrogens (tertiary/aromatic N) is 2. The van der Waals surface area contributed by atoms with Gasteiger partial charge in [-0.1, -0.05) is 13.0 Å². The molecule has 1 rings (SSSR count). The molecule has 1 aromatic carbocycles. The summed E-state index contributed by atoms with van der Waals surface area (Å²) in [5, 5.41) is 10.7. The molecule has 0 aliphatic heterocycles. The van der Waals surface area contributed by atoms with E-state index in [1.807, 2.05) is 18.7 Å². The zero-order valence-electron chi connectivity index (χ0n) is 13.1. The second-order valence-corrected chi connectivity index (χ2v) is 7.36. The molecule has 7 nitrogen and oxygen atoms in total. The van der Waals surface area contributed by atoms with Gasteiger partial charge in [0.25, 0.3) is 5.69 Å². The fourth-order valence-corrected chi connectivity index (χ4v) is 3.29. The van der Waals surface area contributed by atoms with E-state index < -0.39 is 14.8 Å². The summed E-state index contributed by atoms with van der Waals surface area (Å²) in [4.78, 5) is 12.2. The van der Waals surface area contributed by atoms with Gasteiger partial charge in [0.15, 0.2) is 0 Å². The smallest absolute Gasteiger partial charge is 0.273 e. The molecule has 0 saturated heterocycles. The van der Waals surface area contributed by atoms with Crippen molar-refractivity contribution in [2.75, 3.05) is 31.7 Å². The van der Waals surface area contributed by atoms with Crippen molar-refractivity contribution in [3.8, 4) is 5.75 Å². The highest BCUT2D eigenvalue weighted by Crippen LogP contribution is 2.19. The topological polar surface area (TPSA) is 89.8 Å². The second kappa shape index (κ2) is 8.09. The number of nitro groups is 1. The second-order valence-electron chi connectivity index (χ2n) is 5.17. The lowest BCUT2D eigenvalue weighted by molar-refractivity contribution is -0.384. The lowest BCUT2D eigenvalue weighted by atomic mass is 10.3. The molecule has 8 heteroatoms. The Balaban J connectivity index is 2.54. The molecule has 1 atom stereocenters. The number of rotatable bonds is 9. The Morgan fingerprint density at radius 2 is 2.09 bits per heavy atom. The number of benzene rings is 1. The molecule has 1 aromatic rings. The number of sulfone groups is 1. The highest BCUT2D eigenvalue weighted by molar-refractivity contribution is 7.90. The fourth-order valence-electron chi connectivity index (χ4n) is 2.20. The average molecular weight is 330 g/mol. The summed E-state index contributed by atoms with van der Waals surface area (Å²) in [6, 6.07) is 5.89. The summed E-state index contributed by atoms with van der Waals surface area (Å²) in [6.07, 6.45) is 1.22. The maximum absolute atomic E-state index is 11.3. The van der Waals surface area contributed by atoms with E-state index in [0.717, 1.165) is 0 Å². The SMILES string of the molecule is CCN(CCOc1cccc([N+](=O)[O-])c1)C(C)CS(C)(=O)=O. The van der Waals surface area contributed by atoms with Crippen molar-refractivity contribution >= 4 is 15.5 Å². The number of nitro benzene ring substituents is 1. The molecule has 22 heavy (non-hydrogen) atoms. The summed E-state index contributed by atoms with van der Waals surface area (Å²) in [5.41, 5.74) is -0.0182. The van der Waals surface area contributed by atoms with Crippen LogP contribution in [0.1, 0.15) is 13.8 Å². The van der Waals surface area contributed by atoms with E-state index in [1.165, 1.54) is 18.4 Å². The maximum atomic E-state index is 11.3. The highest BCUT2D eigenvalue weighted by atomic mass is 32.2. The fraction of sp³-hybridized carbons (Fsp3) is 0.571. The molecular formula is C14H22N2O5S. The van der Waals surface area contributed by atoms with Gasteiger partial charge in [-0.15, -0.1) is 0 Å². The van der Waals surface area contributed by atoms with Crippen LogP contribution in [0.5, 0.6) is 5.75 Å². The van der Waals surface area contributed by atoms with Gasteiger partial charge in [0, 0.05) is 24.9 Å². The van der Waals surface area contributed by atoms with Gasteiger partial charge in [0.2, 0.25) is 0 Å². The summed E-state index contributed by atoms with van der Waals surface area (Å²) < 4.78 is 28.2. The minimum absolute atomic E-state index is 0.0182. The van der Waals surface area contributed by atoms with Crippen molar-refractivity contribution < 1.29 is 18.1 Å². The van der Waals surface area contributed by atoms with Crippen LogP contribution in [0.25, 0.3) is 0 Å². The molecule has 124 valence electrons. The van der Waals surface area contributed by atoms with Crippen LogP contribution in [-0.2, 0) is 9.84 Å². The van der Waals surface area contributed by atoms with Crippen molar-refractivity contribution in [2.24, 2.45) is 0 Å². The van der Waals surface area contributed by atoms with Crippen LogP contribution in [-0.4, -0.2) is 56.0 Å². The molecule has 0 amide bonds. The molecule has 0 aromatic heterocycles. The first-order chi connectivity index (χ1) is 10.2. The van der Waals surface area contributed by atoms with Gasteiger partial charge in [0.1, 0.15) is 22.2 Å². The van der Waals surface area contributed by atoms with E-state index in [-0.39, 0.29) is 17.5 Å². The van der Waals surface area contributed by atoms with Crippen molar-refractivity contribution in [1.82, 2.24) is 4.90 Å². The number of hydrogen-bond acceptors (Lipinski definition) is 6. The first kappa shape index (κ1) is 18.4. The van der Waals surface area contributed by atoms with E-state index in [1.54, 1.807) is 12.1 Å². The summed E-state index contributed by atoms with van der Waals surface area (Å²) in [6.45, 7) is 5.40. The highest BCUT2D eigenvalue weighted by Gasteiger charge is 2.17. The molecule has 0 bridgehead atoms. The van der Waals surface area contributed by atoms with Gasteiger partial charge in [-0.3, -0.25) is 15.0 Å². The molecule has 0 N–H and O–H groups in total. The Bertz CT molecular complexity index is 603. The molecule has 1 unspecified atom stereocenters. The Hall–Kier alpha value is -1.67. The third-order valence-corrected chi connectivity index (χ3v) is 4.34. The summed E-state index contributed by atoms with van der Waals surface area (Å²) >= 11 is 0. The molecular weight excluding hydrogens is 308 g/mol. The largest absolute Gasteiger partial charge is 0.492 e. The molecule has 0 heterocycles. The minimum atomic E-state index is -3.03. The van der Waals surface area contributed by atoms with Crippen LogP contribution in [0.15, 0.2) is 24.3 Å². The number of likely N-dealkylation sites (N-methyl/N-ethyl adjacent to an activating group) is 1. The van der Waals surface area contributed by atoms with Crippen molar-refractivity contribution in [2.45, 2.75) is 19.9 Å². The van der Waals surface area contributed by atoms with Crippen LogP contribution in [0.2, 0.25) is 0 Å². The van der Waals surface area contributed by atoms with Crippen LogP contribution in [0, 0.1) is 10.1 Å². The van der Waals surface area contributed by atoms with Gasteiger partial charge < -0.3 is 4.74 Å². The van der Waals surface area contributed by atoms with E-state index in [0.29, 0.717) is 25.4 Å². The Morgan fingerprint density at radius 1 is 1.41 bits per heavy atom. The van der Waals surface area contributed by atoms with E-state index in [9.17, 15) is 18.5 Å². The monoisotopic (exact) mass is 330 g/mol. The van der Waals surface area contributed by atoms with Gasteiger partial charge in [-0.05, 0) is 19.5 Å². The van der Waals surface area contributed by atoms with Crippen LogP contribution in [0.4, 0.5) is 5.69 Å². The van der Waals surface area contributed by atoms with E-state index >= 15 is 0 Å². The van der Waals surface area contributed by atoms with Gasteiger partial charge in [-0.2, -0.15) is 0 Å². The summed E-state index contributed by atoms with van der Waals surface area (Å²) in [5.74, 6) is 0.526. The molecule has 0 spiro atoms. The quantitative estimate of drug-likeness (QED) is 0.506. The normalized spacial score (nSPS) is 13.1. The van der Waals surface area contributed by atoms with Gasteiger partial charge in [0.05, 0.1) is 16.7 Å². The summed E-state index contributed by atoms with van der Waals surface area (Å²) in [7, 11) is -3.03. The van der Waals surface area contributed by atoms with Gasteiger partial charge >= 0.3 is 0 Å². The maximum Gasteiger partial charge on any atom is 0.273 e. The Kier molecular flexibility index (Phi) is 6.76. The lowest BCUT2D eigenvalue weighted by Crippen LogP contribution is -2.40. The minimum Gasteiger partial charge on any atom is -0.492 e. The van der Waals surface area contributed by atoms with Crippen LogP contribution >= 0.6 is 0 Å². The zero-order valence-corrected chi connectivity index (χ0v) is 13.9. The first-order valence-corrected chi connectivity index (χ1v) is 9.08. The molecule has 0 fully saturated rings. The van der Waals surface area contributed by atoms with Crippen molar-refractivity contribution in [3.05, 3.63) is 34.4 Å². The predicted octanol–water partition coefficient (Wildman–Crippen LogP) is 1.73. The van der Waals surface area contributed by atoms with E-state index in [2.05, 4.69) is 0 Å². The van der Waals surface area contributed by atoms with Crippen molar-refractivity contribution in [3.63, 3.8) is 0 Å². The number of hydrogen-bond donors (Lipinski definition) is 0. The van der Waals surface area contributed by atoms with Crippen LogP contribution < -0.4 is 4.74 Å². The number of non-ortho nitro benzene ring substituents is 1. The Labute approximate surface area is 131 Å². The van der Waals surface area contributed by atoms with Crippen molar-refractivity contribution in [1.29, 1.82) is 0 Å². The third-order valence-electron chi connectivity index (χ3n) is 3.25. The van der Waals surface area contributed by atoms with Crippen LogP contribution in [0.3, 0.4) is 0 Å². The molecule has 0 saturated carbocycles. The molecule has 0 aliphatic carbocycles. The molecule has 0 radical (unpaired) electrons. The van der Waals surface area contributed by atoms with Gasteiger partial charge in [-0.25, -0.2) is 8.42 Å². The van der Waals surface area contributed by atoms with E-state index in [4.69, 9.17) is 4.74 Å². The first-order valence-electron chi connectivity index (χ1n) is 7.02. The standard InChI is InChI=1S/C14H22N2O5S/c1-4-15(12(2)11-22(3,19)20)8-9-21-14-7-5-6-13(10-14)16(17)18/h5-7,10,12H,4,8-9,11H2,1-3H3. The number of ether oxygens (including phenoxy) is 1.